The van der Waals surface area contributed by atoms with E-state index in [0.717, 1.165) is 36.8 Å². The van der Waals surface area contributed by atoms with Crippen LogP contribution in [0.15, 0.2) is 29.3 Å². The fourth-order valence-electron chi connectivity index (χ4n) is 2.56. The van der Waals surface area contributed by atoms with E-state index in [9.17, 15) is 0 Å². The van der Waals surface area contributed by atoms with Gasteiger partial charge in [0.25, 0.3) is 0 Å². The van der Waals surface area contributed by atoms with Gasteiger partial charge in [0, 0.05) is 5.39 Å². The van der Waals surface area contributed by atoms with Gasteiger partial charge in [-0.15, -0.1) is 0 Å². The van der Waals surface area contributed by atoms with Crippen LogP contribution in [0.2, 0.25) is 5.15 Å². The standard InChI is InChI=1S/C15H19ClN6/c1-22-8-6-10(7-9-22)18-14(17)21-15-19-12-5-3-2-4-11(12)13(16)20-15/h2-5,10H,6-9H2,1H3,(H3,17,18,19,20,21). The number of aromatic nitrogens is 2. The van der Waals surface area contributed by atoms with Gasteiger partial charge < -0.3 is 10.6 Å². The lowest BCUT2D eigenvalue weighted by Gasteiger charge is -2.26. The number of aliphatic imine (C=N–C) groups is 1. The monoisotopic (exact) mass is 318 g/mol. The molecule has 1 aliphatic heterocycles. The zero-order chi connectivity index (χ0) is 15.5. The third-order valence-electron chi connectivity index (χ3n) is 3.81. The summed E-state index contributed by atoms with van der Waals surface area (Å²) in [7, 11) is 2.12. The maximum Gasteiger partial charge on any atom is 0.231 e. The van der Waals surface area contributed by atoms with Crippen molar-refractivity contribution in [2.75, 3.05) is 25.5 Å². The van der Waals surface area contributed by atoms with Crippen molar-refractivity contribution in [3.8, 4) is 0 Å². The zero-order valence-electron chi connectivity index (χ0n) is 12.5. The molecule has 22 heavy (non-hydrogen) atoms. The molecule has 3 N–H and O–H groups in total. The van der Waals surface area contributed by atoms with Crippen LogP contribution in [-0.2, 0) is 0 Å². The van der Waals surface area contributed by atoms with Crippen molar-refractivity contribution in [1.29, 1.82) is 0 Å². The summed E-state index contributed by atoms with van der Waals surface area (Å²) in [4.78, 5) is 15.4. The van der Waals surface area contributed by atoms with E-state index in [1.165, 1.54) is 0 Å². The first kappa shape index (κ1) is 15.0. The van der Waals surface area contributed by atoms with Gasteiger partial charge in [-0.1, -0.05) is 23.7 Å². The Morgan fingerprint density at radius 1 is 1.32 bits per heavy atom. The average Bonchev–Trinajstić information content (AvgIpc) is 2.49. The molecule has 0 bridgehead atoms. The second kappa shape index (κ2) is 6.46. The summed E-state index contributed by atoms with van der Waals surface area (Å²) in [6, 6.07) is 7.83. The quantitative estimate of drug-likeness (QED) is 0.503. The molecule has 2 heterocycles. The van der Waals surface area contributed by atoms with Gasteiger partial charge in [0.2, 0.25) is 5.95 Å². The van der Waals surface area contributed by atoms with Crippen LogP contribution in [0.1, 0.15) is 12.8 Å². The lowest BCUT2D eigenvalue weighted by Crippen LogP contribution is -2.34. The molecule has 0 radical (unpaired) electrons. The van der Waals surface area contributed by atoms with Crippen molar-refractivity contribution >= 4 is 34.4 Å². The SMILES string of the molecule is CN1CCC(N=C(N)Nc2nc(Cl)c3ccccc3n2)CC1. The van der Waals surface area contributed by atoms with Crippen molar-refractivity contribution in [2.24, 2.45) is 10.7 Å². The molecule has 2 aromatic rings. The average molecular weight is 319 g/mol. The van der Waals surface area contributed by atoms with Crippen molar-refractivity contribution in [3.05, 3.63) is 29.4 Å². The molecule has 0 amide bonds. The van der Waals surface area contributed by atoms with E-state index in [2.05, 4.69) is 32.2 Å². The minimum absolute atomic E-state index is 0.250. The van der Waals surface area contributed by atoms with E-state index in [1.807, 2.05) is 24.3 Å². The van der Waals surface area contributed by atoms with Crippen LogP contribution in [0.25, 0.3) is 10.9 Å². The summed E-state index contributed by atoms with van der Waals surface area (Å²) in [6.45, 7) is 2.08. The predicted molar refractivity (Wildman–Crippen MR) is 90.3 cm³/mol. The summed E-state index contributed by atoms with van der Waals surface area (Å²) in [6.07, 6.45) is 2.02. The number of halogens is 1. The molecule has 1 aliphatic rings. The topological polar surface area (TPSA) is 79.4 Å². The number of hydrogen-bond acceptors (Lipinski definition) is 4. The number of guanidine groups is 1. The van der Waals surface area contributed by atoms with E-state index in [0.29, 0.717) is 17.1 Å². The number of nitrogens with one attached hydrogen (secondary N) is 1. The second-order valence-electron chi connectivity index (χ2n) is 5.53. The molecule has 116 valence electrons. The highest BCUT2D eigenvalue weighted by Crippen LogP contribution is 2.21. The van der Waals surface area contributed by atoms with Crippen LogP contribution in [0.5, 0.6) is 0 Å². The number of benzene rings is 1. The predicted octanol–water partition coefficient (Wildman–Crippen LogP) is 2.10. The summed E-state index contributed by atoms with van der Waals surface area (Å²) in [5, 5.41) is 4.16. The smallest absolute Gasteiger partial charge is 0.231 e. The van der Waals surface area contributed by atoms with Crippen LogP contribution in [0.4, 0.5) is 5.95 Å². The molecule has 0 saturated carbocycles. The van der Waals surface area contributed by atoms with Crippen LogP contribution >= 0.6 is 11.6 Å². The van der Waals surface area contributed by atoms with Crippen LogP contribution in [-0.4, -0.2) is 47.0 Å². The van der Waals surface area contributed by atoms with Crippen molar-refractivity contribution in [1.82, 2.24) is 14.9 Å². The molecule has 3 rings (SSSR count). The Kier molecular flexibility index (Phi) is 4.40. The largest absolute Gasteiger partial charge is 0.370 e. The fraction of sp³-hybridized carbons (Fsp3) is 0.400. The maximum atomic E-state index is 6.18. The molecule has 0 unspecified atom stereocenters. The van der Waals surface area contributed by atoms with Gasteiger partial charge in [-0.3, -0.25) is 5.32 Å². The Balaban J connectivity index is 1.75. The number of fused-ring (bicyclic) bond motifs is 1. The Bertz CT molecular complexity index is 693. The van der Waals surface area contributed by atoms with Crippen LogP contribution in [0.3, 0.4) is 0 Å². The summed E-state index contributed by atoms with van der Waals surface area (Å²) in [5.74, 6) is 0.707. The van der Waals surface area contributed by atoms with Crippen molar-refractivity contribution in [2.45, 2.75) is 18.9 Å². The fourth-order valence-corrected chi connectivity index (χ4v) is 2.80. The molecule has 6 nitrogen and oxygen atoms in total. The molecule has 0 aliphatic carbocycles. The normalized spacial score (nSPS) is 17.8. The van der Waals surface area contributed by atoms with E-state index in [4.69, 9.17) is 17.3 Å². The number of para-hydroxylation sites is 1. The minimum atomic E-state index is 0.250. The van der Waals surface area contributed by atoms with Gasteiger partial charge in [-0.2, -0.15) is 0 Å². The van der Waals surface area contributed by atoms with E-state index >= 15 is 0 Å². The number of nitrogens with two attached hydrogens (primary N) is 1. The Hall–Kier alpha value is -1.92. The maximum absolute atomic E-state index is 6.18. The highest BCUT2D eigenvalue weighted by atomic mass is 35.5. The van der Waals surface area contributed by atoms with Gasteiger partial charge >= 0.3 is 0 Å². The van der Waals surface area contributed by atoms with Gasteiger partial charge in [-0.05, 0) is 45.1 Å². The lowest BCUT2D eigenvalue weighted by molar-refractivity contribution is 0.257. The van der Waals surface area contributed by atoms with Crippen LogP contribution < -0.4 is 11.1 Å². The second-order valence-corrected chi connectivity index (χ2v) is 5.89. The molecule has 1 aromatic carbocycles. The van der Waals surface area contributed by atoms with Gasteiger partial charge in [0.05, 0.1) is 11.6 Å². The first-order valence-corrected chi connectivity index (χ1v) is 7.71. The third-order valence-corrected chi connectivity index (χ3v) is 4.09. The number of likely N-dealkylation sites (tertiary alicyclic amines) is 1. The van der Waals surface area contributed by atoms with Gasteiger partial charge in [0.15, 0.2) is 5.96 Å². The van der Waals surface area contributed by atoms with Crippen molar-refractivity contribution in [3.63, 3.8) is 0 Å². The number of piperidine rings is 1. The molecule has 7 heteroatoms. The summed E-state index contributed by atoms with van der Waals surface area (Å²) in [5.41, 5.74) is 6.74. The molecule has 0 atom stereocenters. The Morgan fingerprint density at radius 2 is 2.05 bits per heavy atom. The molecule has 1 fully saturated rings. The third kappa shape index (κ3) is 3.45. The summed E-state index contributed by atoms with van der Waals surface area (Å²) >= 11 is 6.18. The first-order chi connectivity index (χ1) is 10.6. The van der Waals surface area contributed by atoms with Gasteiger partial charge in [-0.25, -0.2) is 15.0 Å². The first-order valence-electron chi connectivity index (χ1n) is 7.33. The minimum Gasteiger partial charge on any atom is -0.370 e. The van der Waals surface area contributed by atoms with Crippen molar-refractivity contribution < 1.29 is 0 Å². The van der Waals surface area contributed by atoms with E-state index < -0.39 is 0 Å². The molecular weight excluding hydrogens is 300 g/mol. The molecule has 0 spiro atoms. The number of hydrogen-bond donors (Lipinski definition) is 2. The van der Waals surface area contributed by atoms with Gasteiger partial charge in [0.1, 0.15) is 5.15 Å². The molecule has 1 saturated heterocycles. The molecule has 1 aromatic heterocycles. The lowest BCUT2D eigenvalue weighted by atomic mass is 10.1. The number of rotatable bonds is 2. The highest BCUT2D eigenvalue weighted by molar-refractivity contribution is 6.34. The zero-order valence-corrected chi connectivity index (χ0v) is 13.2. The van der Waals surface area contributed by atoms with E-state index in [1.54, 1.807) is 0 Å². The Labute approximate surface area is 134 Å². The summed E-state index contributed by atoms with van der Waals surface area (Å²) < 4.78 is 0. The molecular formula is C15H19ClN6. The highest BCUT2D eigenvalue weighted by Gasteiger charge is 2.16. The number of nitrogens with zero attached hydrogens (tertiary/aromatic N) is 4. The van der Waals surface area contributed by atoms with Crippen LogP contribution in [0, 0.1) is 0 Å². The van der Waals surface area contributed by atoms with E-state index in [-0.39, 0.29) is 6.04 Å². The Morgan fingerprint density at radius 3 is 2.82 bits per heavy atom. The number of anilines is 1.